The largest absolute Gasteiger partial charge is 0.457 e. The molecule has 4 atom stereocenters. The van der Waals surface area contributed by atoms with Gasteiger partial charge in [-0.25, -0.2) is 29.9 Å². The van der Waals surface area contributed by atoms with E-state index in [1.54, 1.807) is 39.6 Å². The molecular weight excluding hydrogens is 1610 g/mol. The van der Waals surface area contributed by atoms with Crippen LogP contribution in [0.1, 0.15) is 60.9 Å². The van der Waals surface area contributed by atoms with Gasteiger partial charge in [-0.2, -0.15) is 15.8 Å². The lowest BCUT2D eigenvalue weighted by molar-refractivity contribution is -0.125. The highest BCUT2D eigenvalue weighted by Crippen LogP contribution is 2.45. The minimum absolute atomic E-state index is 0.0353. The summed E-state index contributed by atoms with van der Waals surface area (Å²) >= 11 is 0. The number of methoxy groups -OCH3 is 3. The second-order valence-electron chi connectivity index (χ2n) is 31.2. The number of likely N-dealkylation sites (N-methyl/N-ethyl adjacent to an activating group) is 2. The molecule has 0 unspecified atom stereocenters. The first kappa shape index (κ1) is 89.1. The Hall–Kier alpha value is -14.2. The molecule has 31 heteroatoms. The van der Waals surface area contributed by atoms with E-state index >= 15 is 0 Å². The van der Waals surface area contributed by atoms with Gasteiger partial charge in [-0.15, -0.1) is 0 Å². The van der Waals surface area contributed by atoms with E-state index in [1.165, 1.54) is 19.0 Å². The summed E-state index contributed by atoms with van der Waals surface area (Å²) in [6.07, 6.45) is 17.9. The van der Waals surface area contributed by atoms with Crippen molar-refractivity contribution in [2.24, 2.45) is 0 Å². The molecule has 6 aromatic carbocycles. The summed E-state index contributed by atoms with van der Waals surface area (Å²) in [5.74, 6) is 4.99. The predicted octanol–water partition coefficient (Wildman–Crippen LogP) is 12.9. The fourth-order valence-corrected chi connectivity index (χ4v) is 16.5. The Balaban J connectivity index is 0.000000154. The van der Waals surface area contributed by atoms with Crippen molar-refractivity contribution in [2.45, 2.75) is 49.9 Å². The van der Waals surface area contributed by atoms with Crippen molar-refractivity contribution in [2.75, 3.05) is 164 Å². The van der Waals surface area contributed by atoms with Crippen molar-refractivity contribution >= 4 is 68.3 Å². The number of amides is 3. The van der Waals surface area contributed by atoms with Crippen LogP contribution in [0, 0.1) is 34.0 Å². The molecule has 0 aliphatic carbocycles. The number of benzene rings is 6. The van der Waals surface area contributed by atoms with Gasteiger partial charge in [0, 0.05) is 147 Å². The number of fused-ring (bicyclic) bond motifs is 3. The van der Waals surface area contributed by atoms with Crippen LogP contribution < -0.4 is 31.4 Å². The van der Waals surface area contributed by atoms with Crippen LogP contribution in [0.4, 0.5) is 17.5 Å². The number of hydrogen-bond acceptors (Lipinski definition) is 25. The number of carbonyl (C=O) groups is 3. The molecule has 0 saturated carbocycles. The summed E-state index contributed by atoms with van der Waals surface area (Å²) in [6.45, 7) is 10.7. The zero-order valence-corrected chi connectivity index (χ0v) is 71.8. The maximum atomic E-state index is 13.1. The van der Waals surface area contributed by atoms with Gasteiger partial charge in [0.2, 0.25) is 17.7 Å². The van der Waals surface area contributed by atoms with Crippen LogP contribution in [0.2, 0.25) is 0 Å². The van der Waals surface area contributed by atoms with E-state index in [0.29, 0.717) is 206 Å². The molecule has 0 bridgehead atoms. The first-order chi connectivity index (χ1) is 62.1. The highest BCUT2D eigenvalue weighted by Gasteiger charge is 2.37. The summed E-state index contributed by atoms with van der Waals surface area (Å²) in [4.78, 5) is 77.4. The monoisotopic (exact) mass is 1710 g/mol. The fraction of sp³-hybridized carbons (Fsp3) is 0.312. The first-order valence-electron chi connectivity index (χ1n) is 42.2. The van der Waals surface area contributed by atoms with Crippen molar-refractivity contribution < 1.29 is 47.5 Å². The SMILES string of the molecule is CN(C/C=C/C(=O)N1CC[C@@H](n2c(C#N)c(-c3ccc(Oc4ccccc4)cc3)c3c(N)ncnc32)C1)[C@H]1CCOC1.COCCN(C)C/C=C/C(=O)N1CC[C@@H](n2c(C#N)c(-c3ccc(Oc4ccccc4)cc3)c3c(N)ncnc32)C1.COCCN(C/C=C/C(=O)N1CC[C@@H](n2c(C#N)c(-c3ccc(Oc4ccccc4)cc3)c3c(N)ncnc32)C1)CCOC. The molecular formula is C96H103N21O10. The molecule has 6 aromatic heterocycles. The van der Waals surface area contributed by atoms with Gasteiger partial charge in [0.05, 0.1) is 60.7 Å². The Labute approximate surface area is 737 Å². The highest BCUT2D eigenvalue weighted by atomic mass is 16.5. The third-order valence-corrected chi connectivity index (χ3v) is 23.0. The molecule has 4 saturated heterocycles. The summed E-state index contributed by atoms with van der Waals surface area (Å²) in [6, 6.07) is 58.5. The van der Waals surface area contributed by atoms with E-state index in [0.717, 1.165) is 73.2 Å². The first-order valence-corrected chi connectivity index (χ1v) is 42.2. The quantitative estimate of drug-likeness (QED) is 0.0340. The molecule has 0 spiro atoms. The van der Waals surface area contributed by atoms with Crippen LogP contribution in [-0.2, 0) is 33.3 Å². The zero-order valence-electron chi connectivity index (χ0n) is 71.8. The number of hydrogen-bond donors (Lipinski definition) is 3. The smallest absolute Gasteiger partial charge is 0.246 e. The molecule has 4 aliphatic heterocycles. The average molecular weight is 1710 g/mol. The van der Waals surface area contributed by atoms with Crippen molar-refractivity contribution in [1.29, 1.82) is 15.8 Å². The minimum atomic E-state index is -0.145. The minimum Gasteiger partial charge on any atom is -0.457 e. The number of carbonyl (C=O) groups excluding carboxylic acids is 3. The summed E-state index contributed by atoms with van der Waals surface area (Å²) in [5, 5.41) is 33.1. The van der Waals surface area contributed by atoms with E-state index in [1.807, 2.05) is 217 Å². The Kier molecular flexibility index (Phi) is 30.1. The lowest BCUT2D eigenvalue weighted by Gasteiger charge is -2.21. The standard InChI is InChI=1S/C33H37N7O4.C32H33N7O3.C31H33N7O3/c1-42-19-17-38(18-20-43-2)15-6-9-29(41)39-16-14-25(22-39)40-28(21-34)30(31-32(35)36-23-37-33(31)40)24-10-12-27(13-11-24)44-26-7-4-3-5-8-26;1-37(24-14-17-41-20-24)15-5-8-28(40)38-16-13-23(19-38)39-27(18-33)29(30-31(34)35-21-36-32(30)39)22-9-11-26(12-10-22)42-25-6-3-2-4-7-25;1-36(17-18-40-2)15-6-9-27(39)37-16-14-23(20-37)38-26(19-32)28(29-30(33)34-21-35-31(29)38)22-10-12-25(13-11-22)41-24-7-4-3-5-8-24/h3-13,23,25H,14-20,22H2,1-2H3,(H2,35,36,37);2-12,21,23-24H,13-17,19-20H2,1H3,(H2,34,35,36);3-13,21,23H,14-18,20H2,1-2H3,(H2,33,34,35)/b9-6+;8-5+;9-6+/t25-;23-,24+;23-/m111/s1. The zero-order chi connectivity index (χ0) is 88.7. The maximum Gasteiger partial charge on any atom is 0.246 e. The lowest BCUT2D eigenvalue weighted by Crippen LogP contribution is -2.32. The number of nitrogens with two attached hydrogens (primary N) is 3. The number of anilines is 3. The maximum absolute atomic E-state index is 13.1. The molecule has 6 N–H and O–H groups in total. The molecule has 16 rings (SSSR count). The molecule has 4 fully saturated rings. The van der Waals surface area contributed by atoms with Gasteiger partial charge in [-0.3, -0.25) is 24.2 Å². The van der Waals surface area contributed by atoms with Gasteiger partial charge in [-0.1, -0.05) is 109 Å². The van der Waals surface area contributed by atoms with Gasteiger partial charge in [0.1, 0.15) is 123 Å². The van der Waals surface area contributed by atoms with Crippen LogP contribution in [0.15, 0.2) is 219 Å². The van der Waals surface area contributed by atoms with Gasteiger partial charge in [0.25, 0.3) is 0 Å². The normalized spacial score (nSPS) is 16.3. The Morgan fingerprint density at radius 3 is 1.08 bits per heavy atom. The highest BCUT2D eigenvalue weighted by molar-refractivity contribution is 6.06. The van der Waals surface area contributed by atoms with E-state index in [-0.39, 0.29) is 35.8 Å². The van der Waals surface area contributed by atoms with Crippen molar-refractivity contribution in [3.8, 4) is 86.1 Å². The molecule has 10 heterocycles. The predicted molar refractivity (Wildman–Crippen MR) is 485 cm³/mol. The van der Waals surface area contributed by atoms with Crippen molar-refractivity contribution in [3.63, 3.8) is 0 Å². The topological polar surface area (TPSA) is 377 Å². The summed E-state index contributed by atoms with van der Waals surface area (Å²) < 4.78 is 44.6. The van der Waals surface area contributed by atoms with Crippen LogP contribution in [0.25, 0.3) is 66.5 Å². The van der Waals surface area contributed by atoms with E-state index in [9.17, 15) is 30.2 Å². The molecule has 0 radical (unpaired) electrons. The molecule has 652 valence electrons. The number of nitrogens with zero attached hydrogens (tertiary/aromatic N) is 18. The molecule has 12 aromatic rings. The second-order valence-corrected chi connectivity index (χ2v) is 31.2. The van der Waals surface area contributed by atoms with Crippen LogP contribution in [0.3, 0.4) is 0 Å². The molecule has 31 nitrogen and oxygen atoms in total. The molecule has 3 amide bonds. The summed E-state index contributed by atoms with van der Waals surface area (Å²) in [7, 11) is 9.05. The Bertz CT molecular complexity index is 5990. The molecule has 127 heavy (non-hydrogen) atoms. The Morgan fingerprint density at radius 2 is 0.756 bits per heavy atom. The van der Waals surface area contributed by atoms with Crippen molar-refractivity contribution in [3.05, 3.63) is 236 Å². The number of ether oxygens (including phenoxy) is 7. The lowest BCUT2D eigenvalue weighted by atomic mass is 10.0. The fourth-order valence-electron chi connectivity index (χ4n) is 16.5. The van der Waals surface area contributed by atoms with E-state index < -0.39 is 0 Å². The van der Waals surface area contributed by atoms with Gasteiger partial charge in [0.15, 0.2) is 0 Å². The van der Waals surface area contributed by atoms with Gasteiger partial charge < -0.3 is 83.7 Å². The van der Waals surface area contributed by atoms with Crippen LogP contribution in [0.5, 0.6) is 34.5 Å². The third kappa shape index (κ3) is 21.3. The summed E-state index contributed by atoms with van der Waals surface area (Å²) in [5.41, 5.74) is 26.6. The number of para-hydroxylation sites is 3. The average Bonchev–Trinajstić information content (AvgIpc) is 1.59. The number of rotatable bonds is 31. The van der Waals surface area contributed by atoms with E-state index in [4.69, 9.17) is 50.4 Å². The van der Waals surface area contributed by atoms with Crippen molar-refractivity contribution in [1.82, 2.24) is 73.0 Å². The number of nitriles is 3. The number of nitrogen functional groups attached to an aromatic ring is 3. The molecule has 4 aliphatic rings. The van der Waals surface area contributed by atoms with Crippen LogP contribution in [-0.4, -0.2) is 244 Å². The van der Waals surface area contributed by atoms with Crippen LogP contribution >= 0.6 is 0 Å². The number of aromatic nitrogens is 9. The second kappa shape index (κ2) is 42.9. The van der Waals surface area contributed by atoms with Gasteiger partial charge in [-0.05, 0) is 129 Å². The van der Waals surface area contributed by atoms with Gasteiger partial charge >= 0.3 is 0 Å². The number of likely N-dealkylation sites (tertiary alicyclic amines) is 3. The van der Waals surface area contributed by atoms with E-state index in [2.05, 4.69) is 69.9 Å². The third-order valence-electron chi connectivity index (χ3n) is 23.0. The Morgan fingerprint density at radius 1 is 0.433 bits per heavy atom.